The fraction of sp³-hybridized carbons (Fsp3) is 0.857. The van der Waals surface area contributed by atoms with Crippen LogP contribution in [0.2, 0.25) is 0 Å². The zero-order chi connectivity index (χ0) is 8.27. The van der Waals surface area contributed by atoms with Crippen LogP contribution in [0.15, 0.2) is 0 Å². The smallest absolute Gasteiger partial charge is 0.240 e. The molecule has 1 amide bonds. The fourth-order valence-electron chi connectivity index (χ4n) is 1.02. The molecule has 1 fully saturated rings. The Hall–Kier alpha value is -0.220. The molecule has 11 heavy (non-hydrogen) atoms. The molecule has 0 saturated carbocycles. The highest BCUT2D eigenvalue weighted by Crippen LogP contribution is 2.08. The lowest BCUT2D eigenvalue weighted by Crippen LogP contribution is -2.50. The van der Waals surface area contributed by atoms with Gasteiger partial charge in [-0.15, -0.1) is 0 Å². The molecule has 0 radical (unpaired) electrons. The molecule has 0 aromatic carbocycles. The number of thioether (sulfide) groups is 1. The maximum absolute atomic E-state index is 11.3. The summed E-state index contributed by atoms with van der Waals surface area (Å²) in [5, 5.41) is 0. The Labute approximate surface area is 71.3 Å². The molecular formula is C7H14N2OS. The van der Waals surface area contributed by atoms with Gasteiger partial charge in [-0.2, -0.15) is 11.8 Å². The molecule has 0 aromatic heterocycles. The Balaban J connectivity index is 2.27. The molecule has 1 aliphatic rings. The highest BCUT2D eigenvalue weighted by molar-refractivity contribution is 7.98. The van der Waals surface area contributed by atoms with Crippen molar-refractivity contribution < 1.29 is 4.79 Å². The first kappa shape index (κ1) is 8.87. The summed E-state index contributed by atoms with van der Waals surface area (Å²) in [6.07, 6.45) is 3.10. The molecule has 3 nitrogen and oxygen atoms in total. The Morgan fingerprint density at radius 2 is 2.36 bits per heavy atom. The second kappa shape index (κ2) is 3.97. The minimum absolute atomic E-state index is 0.116. The number of carbonyl (C=O) groups is 1. The first-order chi connectivity index (χ1) is 5.25. The average Bonchev–Trinajstić information content (AvgIpc) is 1.84. The first-order valence-corrected chi connectivity index (χ1v) is 5.18. The molecule has 4 heteroatoms. The summed E-state index contributed by atoms with van der Waals surface area (Å²) >= 11 is 1.62. The Morgan fingerprint density at radius 1 is 1.73 bits per heavy atom. The zero-order valence-electron chi connectivity index (χ0n) is 6.75. The SMILES string of the molecule is CSC[C@H](N)C(=O)N1CCC1. The van der Waals surface area contributed by atoms with Gasteiger partial charge in [-0.3, -0.25) is 4.79 Å². The molecule has 2 N–H and O–H groups in total. The van der Waals surface area contributed by atoms with Crippen LogP contribution in [0.4, 0.5) is 0 Å². The van der Waals surface area contributed by atoms with Gasteiger partial charge < -0.3 is 10.6 Å². The topological polar surface area (TPSA) is 46.3 Å². The van der Waals surface area contributed by atoms with Gasteiger partial charge in [0, 0.05) is 18.8 Å². The number of nitrogens with two attached hydrogens (primary N) is 1. The maximum Gasteiger partial charge on any atom is 0.240 e. The highest BCUT2D eigenvalue weighted by atomic mass is 32.2. The lowest BCUT2D eigenvalue weighted by atomic mass is 10.2. The van der Waals surface area contributed by atoms with Crippen LogP contribution in [0.5, 0.6) is 0 Å². The standard InChI is InChI=1S/C7H14N2OS/c1-11-5-6(8)7(10)9-3-2-4-9/h6H,2-5,8H2,1H3/t6-/m0/s1. The van der Waals surface area contributed by atoms with E-state index >= 15 is 0 Å². The number of amides is 1. The van der Waals surface area contributed by atoms with E-state index in [0.717, 1.165) is 25.3 Å². The normalized spacial score (nSPS) is 19.3. The van der Waals surface area contributed by atoms with Crippen molar-refractivity contribution in [3.8, 4) is 0 Å². The first-order valence-electron chi connectivity index (χ1n) is 3.79. The van der Waals surface area contributed by atoms with Crippen LogP contribution >= 0.6 is 11.8 Å². The van der Waals surface area contributed by atoms with Crippen molar-refractivity contribution in [1.82, 2.24) is 4.90 Å². The van der Waals surface area contributed by atoms with E-state index in [1.807, 2.05) is 11.2 Å². The van der Waals surface area contributed by atoms with Crippen LogP contribution in [0.25, 0.3) is 0 Å². The van der Waals surface area contributed by atoms with Crippen LogP contribution in [-0.4, -0.2) is 41.9 Å². The summed E-state index contributed by atoms with van der Waals surface area (Å²) < 4.78 is 0. The molecule has 1 atom stereocenters. The lowest BCUT2D eigenvalue weighted by Gasteiger charge is -2.32. The summed E-state index contributed by atoms with van der Waals surface area (Å²) in [7, 11) is 0. The zero-order valence-corrected chi connectivity index (χ0v) is 7.56. The number of nitrogens with zero attached hydrogens (tertiary/aromatic N) is 1. The number of carbonyl (C=O) groups excluding carboxylic acids is 1. The second-order valence-corrected chi connectivity index (χ2v) is 3.65. The van der Waals surface area contributed by atoms with Crippen molar-refractivity contribution in [3.63, 3.8) is 0 Å². The Bertz CT molecular complexity index is 147. The van der Waals surface area contributed by atoms with Gasteiger partial charge in [-0.05, 0) is 12.7 Å². The van der Waals surface area contributed by atoms with Gasteiger partial charge in [0.05, 0.1) is 6.04 Å². The van der Waals surface area contributed by atoms with Gasteiger partial charge in [0.1, 0.15) is 0 Å². The predicted molar refractivity (Wildman–Crippen MR) is 47.6 cm³/mol. The summed E-state index contributed by atoms with van der Waals surface area (Å²) in [5.41, 5.74) is 5.63. The maximum atomic E-state index is 11.3. The molecule has 1 aliphatic heterocycles. The summed E-state index contributed by atoms with van der Waals surface area (Å²) in [4.78, 5) is 13.1. The highest BCUT2D eigenvalue weighted by Gasteiger charge is 2.24. The van der Waals surface area contributed by atoms with Crippen molar-refractivity contribution in [2.75, 3.05) is 25.1 Å². The molecule has 1 saturated heterocycles. The van der Waals surface area contributed by atoms with Crippen molar-refractivity contribution in [1.29, 1.82) is 0 Å². The third-order valence-electron chi connectivity index (χ3n) is 1.83. The van der Waals surface area contributed by atoms with Crippen LogP contribution in [-0.2, 0) is 4.79 Å². The molecule has 1 rings (SSSR count). The van der Waals surface area contributed by atoms with E-state index in [1.165, 1.54) is 0 Å². The lowest BCUT2D eigenvalue weighted by molar-refractivity contribution is -0.135. The third-order valence-corrected chi connectivity index (χ3v) is 2.52. The Morgan fingerprint density at radius 3 is 2.73 bits per heavy atom. The molecule has 1 heterocycles. The van der Waals surface area contributed by atoms with E-state index in [4.69, 9.17) is 5.73 Å². The van der Waals surface area contributed by atoms with Crippen molar-refractivity contribution in [2.24, 2.45) is 5.73 Å². The number of hydrogen-bond donors (Lipinski definition) is 1. The molecule has 64 valence electrons. The Kier molecular flexibility index (Phi) is 3.20. The largest absolute Gasteiger partial charge is 0.341 e. The van der Waals surface area contributed by atoms with E-state index in [1.54, 1.807) is 11.8 Å². The molecule has 0 spiro atoms. The van der Waals surface area contributed by atoms with Gasteiger partial charge in [-0.1, -0.05) is 0 Å². The number of hydrogen-bond acceptors (Lipinski definition) is 3. The molecule has 0 aromatic rings. The van der Waals surface area contributed by atoms with Crippen LogP contribution < -0.4 is 5.73 Å². The van der Waals surface area contributed by atoms with E-state index < -0.39 is 0 Å². The van der Waals surface area contributed by atoms with Gasteiger partial charge in [0.25, 0.3) is 0 Å². The van der Waals surface area contributed by atoms with Gasteiger partial charge in [0.2, 0.25) is 5.91 Å². The number of likely N-dealkylation sites (tertiary alicyclic amines) is 1. The molecule has 0 aliphatic carbocycles. The monoisotopic (exact) mass is 174 g/mol. The summed E-state index contributed by atoms with van der Waals surface area (Å²) in [6, 6.07) is -0.287. The van der Waals surface area contributed by atoms with Crippen molar-refractivity contribution >= 4 is 17.7 Å². The minimum atomic E-state index is -0.287. The molecule has 0 unspecified atom stereocenters. The van der Waals surface area contributed by atoms with Gasteiger partial charge in [-0.25, -0.2) is 0 Å². The quantitative estimate of drug-likeness (QED) is 0.650. The summed E-state index contributed by atoms with van der Waals surface area (Å²) in [6.45, 7) is 1.81. The van der Waals surface area contributed by atoms with Crippen molar-refractivity contribution in [3.05, 3.63) is 0 Å². The summed E-state index contributed by atoms with van der Waals surface area (Å²) in [5.74, 6) is 0.848. The third kappa shape index (κ3) is 2.10. The molecular weight excluding hydrogens is 160 g/mol. The van der Waals surface area contributed by atoms with E-state index in [-0.39, 0.29) is 11.9 Å². The van der Waals surface area contributed by atoms with E-state index in [2.05, 4.69) is 0 Å². The van der Waals surface area contributed by atoms with E-state index in [9.17, 15) is 4.79 Å². The van der Waals surface area contributed by atoms with Gasteiger partial charge >= 0.3 is 0 Å². The van der Waals surface area contributed by atoms with Crippen LogP contribution in [0.3, 0.4) is 0 Å². The predicted octanol–water partition coefficient (Wildman–Crippen LogP) is -0.0910. The fourth-order valence-corrected chi connectivity index (χ4v) is 1.52. The van der Waals surface area contributed by atoms with Crippen LogP contribution in [0, 0.1) is 0 Å². The van der Waals surface area contributed by atoms with E-state index in [0.29, 0.717) is 0 Å². The average molecular weight is 174 g/mol. The second-order valence-electron chi connectivity index (χ2n) is 2.74. The molecule has 0 bridgehead atoms. The van der Waals surface area contributed by atoms with Gasteiger partial charge in [0.15, 0.2) is 0 Å². The number of rotatable bonds is 3. The van der Waals surface area contributed by atoms with Crippen LogP contribution in [0.1, 0.15) is 6.42 Å². The van der Waals surface area contributed by atoms with Crippen molar-refractivity contribution in [2.45, 2.75) is 12.5 Å². The minimum Gasteiger partial charge on any atom is -0.341 e.